The molecular formula is C14H12BrClN2O3. The van der Waals surface area contributed by atoms with E-state index >= 15 is 0 Å². The molecule has 2 aromatic rings. The first-order valence-corrected chi connectivity index (χ1v) is 7.22. The number of nitro benzene ring substituents is 1. The number of nitrogens with zero attached hydrogens (tertiary/aromatic N) is 1. The fourth-order valence-corrected chi connectivity index (χ4v) is 2.69. The van der Waals surface area contributed by atoms with E-state index in [4.69, 9.17) is 22.1 Å². The van der Waals surface area contributed by atoms with Crippen LogP contribution in [0.15, 0.2) is 40.9 Å². The summed E-state index contributed by atoms with van der Waals surface area (Å²) in [7, 11) is 0. The molecule has 0 saturated carbocycles. The Balaban J connectivity index is 2.26. The first-order valence-electron chi connectivity index (χ1n) is 6.05. The van der Waals surface area contributed by atoms with E-state index < -0.39 is 4.92 Å². The molecule has 0 aliphatic carbocycles. The summed E-state index contributed by atoms with van der Waals surface area (Å²) in [4.78, 5) is 10.1. The second-order valence-electron chi connectivity index (χ2n) is 4.45. The summed E-state index contributed by atoms with van der Waals surface area (Å²) in [6, 6.07) is 9.35. The van der Waals surface area contributed by atoms with Crippen molar-refractivity contribution in [3.05, 3.63) is 61.6 Å². The van der Waals surface area contributed by atoms with Gasteiger partial charge in [0, 0.05) is 22.6 Å². The van der Waals surface area contributed by atoms with Gasteiger partial charge >= 0.3 is 0 Å². The average molecular weight is 372 g/mol. The van der Waals surface area contributed by atoms with Gasteiger partial charge in [0.1, 0.15) is 11.5 Å². The number of hydrogen-bond donors (Lipinski definition) is 1. The van der Waals surface area contributed by atoms with E-state index in [1.807, 2.05) is 13.0 Å². The van der Waals surface area contributed by atoms with Crippen LogP contribution in [-0.4, -0.2) is 4.92 Å². The lowest BCUT2D eigenvalue weighted by molar-refractivity contribution is -0.384. The zero-order valence-corrected chi connectivity index (χ0v) is 13.4. The Bertz CT molecular complexity index is 692. The fourth-order valence-electron chi connectivity index (χ4n) is 1.75. The summed E-state index contributed by atoms with van der Waals surface area (Å²) < 4.78 is 6.46. The molecule has 0 aliphatic heterocycles. The molecule has 0 radical (unpaired) electrons. The maximum atomic E-state index is 10.7. The molecule has 0 amide bonds. The summed E-state index contributed by atoms with van der Waals surface area (Å²) in [6.45, 7) is 1.88. The topological polar surface area (TPSA) is 78.4 Å². The normalized spacial score (nSPS) is 12.0. The number of halogens is 2. The van der Waals surface area contributed by atoms with Crippen molar-refractivity contribution in [2.24, 2.45) is 5.73 Å². The van der Waals surface area contributed by atoms with Gasteiger partial charge in [0.25, 0.3) is 5.69 Å². The lowest BCUT2D eigenvalue weighted by Crippen LogP contribution is -2.05. The highest BCUT2D eigenvalue weighted by Gasteiger charge is 2.12. The number of benzene rings is 2. The summed E-state index contributed by atoms with van der Waals surface area (Å²) in [5.41, 5.74) is 6.70. The van der Waals surface area contributed by atoms with Crippen LogP contribution < -0.4 is 10.5 Å². The van der Waals surface area contributed by atoms with Gasteiger partial charge in [-0.3, -0.25) is 10.1 Å². The second kappa shape index (κ2) is 6.43. The molecular weight excluding hydrogens is 360 g/mol. The van der Waals surface area contributed by atoms with E-state index in [0.29, 0.717) is 11.5 Å². The van der Waals surface area contributed by atoms with Gasteiger partial charge in [0.2, 0.25) is 0 Å². The van der Waals surface area contributed by atoms with E-state index in [0.717, 1.165) is 10.0 Å². The number of rotatable bonds is 4. The first-order chi connectivity index (χ1) is 9.88. The molecule has 5 nitrogen and oxygen atoms in total. The zero-order chi connectivity index (χ0) is 15.6. The molecule has 0 saturated heterocycles. The van der Waals surface area contributed by atoms with Crippen LogP contribution in [0.25, 0.3) is 0 Å². The van der Waals surface area contributed by atoms with Crippen molar-refractivity contribution >= 4 is 33.2 Å². The summed E-state index contributed by atoms with van der Waals surface area (Å²) in [5.74, 6) is 0.907. The third-order valence-corrected chi connectivity index (χ3v) is 3.80. The van der Waals surface area contributed by atoms with Gasteiger partial charge in [-0.1, -0.05) is 33.6 Å². The van der Waals surface area contributed by atoms with Crippen LogP contribution in [0.1, 0.15) is 18.5 Å². The molecule has 0 heterocycles. The Labute approximate surface area is 134 Å². The molecule has 0 aliphatic rings. The van der Waals surface area contributed by atoms with Crippen molar-refractivity contribution in [1.82, 2.24) is 0 Å². The maximum absolute atomic E-state index is 10.7. The molecule has 0 spiro atoms. The minimum atomic E-state index is -0.510. The highest BCUT2D eigenvalue weighted by Crippen LogP contribution is 2.34. The van der Waals surface area contributed by atoms with Crippen LogP contribution in [0.4, 0.5) is 5.69 Å². The largest absolute Gasteiger partial charge is 0.456 e. The number of non-ortho nitro benzene ring substituents is 1. The number of nitrogens with two attached hydrogens (primary N) is 1. The van der Waals surface area contributed by atoms with Crippen molar-refractivity contribution in [3.8, 4) is 11.5 Å². The monoisotopic (exact) mass is 370 g/mol. The summed E-state index contributed by atoms with van der Waals surface area (Å²) in [5, 5.41) is 10.8. The van der Waals surface area contributed by atoms with Crippen LogP contribution in [0.3, 0.4) is 0 Å². The SMILES string of the molecule is C[C@@H](N)c1ccc(Oc2ccc([N+](=O)[O-])cc2Cl)cc1Br. The second-order valence-corrected chi connectivity index (χ2v) is 5.71. The highest BCUT2D eigenvalue weighted by atomic mass is 79.9. The third-order valence-electron chi connectivity index (χ3n) is 2.82. The van der Waals surface area contributed by atoms with Crippen molar-refractivity contribution in [2.45, 2.75) is 13.0 Å². The van der Waals surface area contributed by atoms with E-state index in [-0.39, 0.29) is 16.8 Å². The predicted octanol–water partition coefficient (Wildman–Crippen LogP) is 4.82. The molecule has 1 atom stereocenters. The summed E-state index contributed by atoms with van der Waals surface area (Å²) >= 11 is 9.41. The van der Waals surface area contributed by atoms with E-state index in [1.54, 1.807) is 12.1 Å². The van der Waals surface area contributed by atoms with Crippen LogP contribution in [-0.2, 0) is 0 Å². The molecule has 0 fully saturated rings. The molecule has 21 heavy (non-hydrogen) atoms. The van der Waals surface area contributed by atoms with E-state index in [2.05, 4.69) is 15.9 Å². The van der Waals surface area contributed by atoms with E-state index in [9.17, 15) is 10.1 Å². The predicted molar refractivity (Wildman–Crippen MR) is 84.9 cm³/mol. The van der Waals surface area contributed by atoms with Gasteiger partial charge in [0.15, 0.2) is 0 Å². The minimum Gasteiger partial charge on any atom is -0.456 e. The van der Waals surface area contributed by atoms with E-state index in [1.165, 1.54) is 18.2 Å². The first kappa shape index (κ1) is 15.8. The number of hydrogen-bond acceptors (Lipinski definition) is 4. The van der Waals surface area contributed by atoms with Crippen molar-refractivity contribution in [3.63, 3.8) is 0 Å². The van der Waals surface area contributed by atoms with Gasteiger partial charge < -0.3 is 10.5 Å². The quantitative estimate of drug-likeness (QED) is 0.617. The van der Waals surface area contributed by atoms with Crippen LogP contribution >= 0.6 is 27.5 Å². The molecule has 2 rings (SSSR count). The zero-order valence-electron chi connectivity index (χ0n) is 11.0. The van der Waals surface area contributed by atoms with Crippen molar-refractivity contribution in [2.75, 3.05) is 0 Å². The van der Waals surface area contributed by atoms with Crippen LogP contribution in [0, 0.1) is 10.1 Å². The number of ether oxygens (including phenoxy) is 1. The van der Waals surface area contributed by atoms with Gasteiger partial charge in [-0.25, -0.2) is 0 Å². The molecule has 2 aromatic carbocycles. The molecule has 0 bridgehead atoms. The standard InChI is InChI=1S/C14H12BrClN2O3/c1-8(17)11-4-3-10(7-12(11)15)21-14-5-2-9(18(19)20)6-13(14)16/h2-8H,17H2,1H3/t8-/m1/s1. The molecule has 7 heteroatoms. The lowest BCUT2D eigenvalue weighted by atomic mass is 10.1. The van der Waals surface area contributed by atoms with Crippen LogP contribution in [0.5, 0.6) is 11.5 Å². The Morgan fingerprint density at radius 3 is 2.57 bits per heavy atom. The van der Waals surface area contributed by atoms with Crippen LogP contribution in [0.2, 0.25) is 5.02 Å². The van der Waals surface area contributed by atoms with Gasteiger partial charge in [0.05, 0.1) is 9.95 Å². The lowest BCUT2D eigenvalue weighted by Gasteiger charge is -2.12. The maximum Gasteiger partial charge on any atom is 0.271 e. The molecule has 0 aromatic heterocycles. The van der Waals surface area contributed by atoms with Crippen molar-refractivity contribution in [1.29, 1.82) is 0 Å². The average Bonchev–Trinajstić information content (AvgIpc) is 2.40. The minimum absolute atomic E-state index is 0.0826. The fraction of sp³-hybridized carbons (Fsp3) is 0.143. The molecule has 0 unspecified atom stereocenters. The number of nitro groups is 1. The molecule has 110 valence electrons. The van der Waals surface area contributed by atoms with Gasteiger partial charge in [-0.2, -0.15) is 0 Å². The Kier molecular flexibility index (Phi) is 4.82. The van der Waals surface area contributed by atoms with Gasteiger partial charge in [-0.05, 0) is 30.7 Å². The Morgan fingerprint density at radius 2 is 2.05 bits per heavy atom. The van der Waals surface area contributed by atoms with Gasteiger partial charge in [-0.15, -0.1) is 0 Å². The Hall–Kier alpha value is -1.63. The summed E-state index contributed by atoms with van der Waals surface area (Å²) in [6.07, 6.45) is 0. The van der Waals surface area contributed by atoms with Crippen molar-refractivity contribution < 1.29 is 9.66 Å². The molecule has 2 N–H and O–H groups in total. The third kappa shape index (κ3) is 3.72. The highest BCUT2D eigenvalue weighted by molar-refractivity contribution is 9.10. The Morgan fingerprint density at radius 1 is 1.33 bits per heavy atom. The smallest absolute Gasteiger partial charge is 0.271 e.